The summed E-state index contributed by atoms with van der Waals surface area (Å²) in [7, 11) is 0. The van der Waals surface area contributed by atoms with Crippen molar-refractivity contribution in [2.24, 2.45) is 0 Å². The summed E-state index contributed by atoms with van der Waals surface area (Å²) in [5.74, 6) is -0.130. The average Bonchev–Trinajstić information content (AvgIpc) is 2.92. The molecule has 24 heavy (non-hydrogen) atoms. The summed E-state index contributed by atoms with van der Waals surface area (Å²) in [6.45, 7) is 7.82. The Morgan fingerprint density at radius 2 is 2.00 bits per heavy atom. The number of carbonyl (C=O) groups is 2. The predicted molar refractivity (Wildman–Crippen MR) is 88.2 cm³/mol. The van der Waals surface area contributed by atoms with Gasteiger partial charge in [-0.3, -0.25) is 4.79 Å². The van der Waals surface area contributed by atoms with E-state index < -0.39 is 29.5 Å². The van der Waals surface area contributed by atoms with E-state index in [0.29, 0.717) is 13.0 Å². The zero-order valence-electron chi connectivity index (χ0n) is 14.5. The van der Waals surface area contributed by atoms with Gasteiger partial charge in [0.15, 0.2) is 6.23 Å². The summed E-state index contributed by atoms with van der Waals surface area (Å²) in [5, 5.41) is 2.70. The van der Waals surface area contributed by atoms with Gasteiger partial charge in [0, 0.05) is 12.0 Å². The van der Waals surface area contributed by atoms with Gasteiger partial charge in [-0.1, -0.05) is 30.3 Å². The minimum Gasteiger partial charge on any atom is -0.444 e. The molecule has 1 aromatic rings. The van der Waals surface area contributed by atoms with Crippen LogP contribution in [0.4, 0.5) is 4.79 Å². The van der Waals surface area contributed by atoms with Crippen molar-refractivity contribution in [1.82, 2.24) is 10.2 Å². The molecule has 2 heterocycles. The van der Waals surface area contributed by atoms with Crippen LogP contribution in [0.25, 0.3) is 0 Å². The highest BCUT2D eigenvalue weighted by molar-refractivity contribution is 5.89. The average molecular weight is 332 g/mol. The van der Waals surface area contributed by atoms with Crippen LogP contribution >= 0.6 is 0 Å². The minimum absolute atomic E-state index is 0.130. The van der Waals surface area contributed by atoms with E-state index in [1.54, 1.807) is 25.7 Å². The van der Waals surface area contributed by atoms with Gasteiger partial charge in [0.1, 0.15) is 11.6 Å². The number of benzene rings is 1. The first-order valence-electron chi connectivity index (χ1n) is 8.19. The Bertz CT molecular complexity index is 640. The second-order valence-corrected chi connectivity index (χ2v) is 7.68. The Kier molecular flexibility index (Phi) is 4.03. The number of carbonyl (C=O) groups excluding carboxylic acids is 2. The minimum atomic E-state index is -0.596. The van der Waals surface area contributed by atoms with E-state index in [1.165, 1.54) is 0 Å². The Morgan fingerprint density at radius 3 is 2.62 bits per heavy atom. The monoisotopic (exact) mass is 332 g/mol. The van der Waals surface area contributed by atoms with E-state index in [4.69, 9.17) is 9.47 Å². The molecule has 0 bridgehead atoms. The topological polar surface area (TPSA) is 67.9 Å². The van der Waals surface area contributed by atoms with Crippen molar-refractivity contribution < 1.29 is 19.1 Å². The van der Waals surface area contributed by atoms with Crippen LogP contribution in [0.2, 0.25) is 0 Å². The molecule has 1 aromatic carbocycles. The van der Waals surface area contributed by atoms with E-state index >= 15 is 0 Å². The van der Waals surface area contributed by atoms with Crippen LogP contribution in [-0.4, -0.2) is 40.7 Å². The first-order valence-corrected chi connectivity index (χ1v) is 8.19. The van der Waals surface area contributed by atoms with Crippen molar-refractivity contribution in [2.75, 3.05) is 6.61 Å². The molecule has 2 saturated heterocycles. The Labute approximate surface area is 142 Å². The molecule has 130 valence electrons. The highest BCUT2D eigenvalue weighted by Crippen LogP contribution is 2.44. The summed E-state index contributed by atoms with van der Waals surface area (Å²) < 4.78 is 11.1. The molecule has 0 radical (unpaired) electrons. The van der Waals surface area contributed by atoms with Gasteiger partial charge in [0.25, 0.3) is 0 Å². The molecule has 6 heteroatoms. The number of ether oxygens (including phenoxy) is 2. The Morgan fingerprint density at radius 1 is 1.33 bits per heavy atom. The number of alkyl carbamates (subject to hydrolysis) is 1. The van der Waals surface area contributed by atoms with Crippen molar-refractivity contribution in [1.29, 1.82) is 0 Å². The SMILES string of the molecule is CC(C)(C)OC(=O)N[C@H]1C[C@@]2(C)CO[C@H](c3ccccc3)N2C1=O. The zero-order valence-corrected chi connectivity index (χ0v) is 14.5. The molecule has 2 aliphatic rings. The van der Waals surface area contributed by atoms with E-state index in [9.17, 15) is 9.59 Å². The standard InChI is InChI=1S/C18H24N2O4/c1-17(2,3)24-16(22)19-13-10-18(4)11-23-15(20(18)14(13)21)12-8-6-5-7-9-12/h5-9,13,15H,10-11H2,1-4H3,(H,19,22)/t13-,15+,18-/m0/s1. The van der Waals surface area contributed by atoms with Gasteiger partial charge in [-0.15, -0.1) is 0 Å². The molecule has 0 spiro atoms. The van der Waals surface area contributed by atoms with E-state index in [0.717, 1.165) is 5.56 Å². The van der Waals surface area contributed by atoms with Crippen LogP contribution in [0.5, 0.6) is 0 Å². The number of fused-ring (bicyclic) bond motifs is 1. The summed E-state index contributed by atoms with van der Waals surface area (Å²) in [5.41, 5.74) is -0.0776. The van der Waals surface area contributed by atoms with Crippen LogP contribution < -0.4 is 5.32 Å². The lowest BCUT2D eigenvalue weighted by Crippen LogP contribution is -2.44. The molecule has 2 fully saturated rings. The number of nitrogens with one attached hydrogen (secondary N) is 1. The van der Waals surface area contributed by atoms with Crippen LogP contribution in [0.15, 0.2) is 30.3 Å². The number of hydrogen-bond donors (Lipinski definition) is 1. The molecule has 2 aliphatic heterocycles. The first kappa shape index (κ1) is 16.8. The molecule has 3 atom stereocenters. The molecule has 3 rings (SSSR count). The lowest BCUT2D eigenvalue weighted by Gasteiger charge is -2.28. The largest absolute Gasteiger partial charge is 0.444 e. The number of hydrogen-bond acceptors (Lipinski definition) is 4. The van der Waals surface area contributed by atoms with Crippen LogP contribution in [0.1, 0.15) is 45.9 Å². The van der Waals surface area contributed by atoms with E-state index in [-0.39, 0.29) is 5.91 Å². The lowest BCUT2D eigenvalue weighted by atomic mass is 9.99. The smallest absolute Gasteiger partial charge is 0.408 e. The molecule has 0 aromatic heterocycles. The summed E-state index contributed by atoms with van der Waals surface area (Å²) in [4.78, 5) is 26.6. The third-order valence-corrected chi connectivity index (χ3v) is 4.32. The van der Waals surface area contributed by atoms with Crippen molar-refractivity contribution >= 4 is 12.0 Å². The van der Waals surface area contributed by atoms with Crippen molar-refractivity contribution in [2.45, 2.75) is 57.5 Å². The number of rotatable bonds is 2. The second kappa shape index (κ2) is 5.77. The Balaban J connectivity index is 1.75. The number of nitrogens with zero attached hydrogens (tertiary/aromatic N) is 1. The molecular formula is C18H24N2O4. The Hall–Kier alpha value is -2.08. The van der Waals surface area contributed by atoms with Gasteiger partial charge in [0.2, 0.25) is 5.91 Å². The van der Waals surface area contributed by atoms with Crippen LogP contribution in [-0.2, 0) is 14.3 Å². The zero-order chi connectivity index (χ0) is 17.5. The third-order valence-electron chi connectivity index (χ3n) is 4.32. The van der Waals surface area contributed by atoms with Gasteiger partial charge in [0.05, 0.1) is 12.1 Å². The van der Waals surface area contributed by atoms with E-state index in [2.05, 4.69) is 5.32 Å². The molecule has 0 saturated carbocycles. The molecule has 2 amide bonds. The second-order valence-electron chi connectivity index (χ2n) is 7.68. The highest BCUT2D eigenvalue weighted by Gasteiger charge is 2.56. The fraction of sp³-hybridized carbons (Fsp3) is 0.556. The third kappa shape index (κ3) is 3.11. The first-order chi connectivity index (χ1) is 11.2. The lowest BCUT2D eigenvalue weighted by molar-refractivity contribution is -0.137. The number of amides is 2. The van der Waals surface area contributed by atoms with Crippen molar-refractivity contribution in [3.05, 3.63) is 35.9 Å². The van der Waals surface area contributed by atoms with Crippen LogP contribution in [0.3, 0.4) is 0 Å². The van der Waals surface area contributed by atoms with Gasteiger partial charge in [-0.25, -0.2) is 4.79 Å². The molecule has 6 nitrogen and oxygen atoms in total. The summed E-state index contributed by atoms with van der Waals surface area (Å²) in [6, 6.07) is 9.07. The van der Waals surface area contributed by atoms with Gasteiger partial charge in [-0.05, 0) is 27.7 Å². The summed E-state index contributed by atoms with van der Waals surface area (Å²) in [6.07, 6.45) is -0.467. The molecule has 0 unspecified atom stereocenters. The molecule has 1 N–H and O–H groups in total. The van der Waals surface area contributed by atoms with Crippen molar-refractivity contribution in [3.8, 4) is 0 Å². The molecule has 0 aliphatic carbocycles. The fourth-order valence-corrected chi connectivity index (χ4v) is 3.34. The van der Waals surface area contributed by atoms with Gasteiger partial charge < -0.3 is 19.7 Å². The van der Waals surface area contributed by atoms with Gasteiger partial charge >= 0.3 is 6.09 Å². The summed E-state index contributed by atoms with van der Waals surface area (Å²) >= 11 is 0. The quantitative estimate of drug-likeness (QED) is 0.904. The predicted octanol–water partition coefficient (Wildman–Crippen LogP) is 2.60. The normalized spacial score (nSPS) is 29.5. The maximum Gasteiger partial charge on any atom is 0.408 e. The maximum absolute atomic E-state index is 12.9. The molecular weight excluding hydrogens is 308 g/mol. The highest BCUT2D eigenvalue weighted by atomic mass is 16.6. The fourth-order valence-electron chi connectivity index (χ4n) is 3.34. The van der Waals surface area contributed by atoms with Crippen molar-refractivity contribution in [3.63, 3.8) is 0 Å². The van der Waals surface area contributed by atoms with Gasteiger partial charge in [-0.2, -0.15) is 0 Å². The van der Waals surface area contributed by atoms with E-state index in [1.807, 2.05) is 37.3 Å². The maximum atomic E-state index is 12.9. The van der Waals surface area contributed by atoms with Crippen LogP contribution in [0, 0.1) is 0 Å².